The van der Waals surface area contributed by atoms with Gasteiger partial charge >= 0.3 is 12.1 Å². The molecule has 0 aliphatic carbocycles. The van der Waals surface area contributed by atoms with Gasteiger partial charge in [-0.1, -0.05) is 11.6 Å². The van der Waals surface area contributed by atoms with Crippen LogP contribution in [0.25, 0.3) is 0 Å². The molecular weight excluding hydrogens is 397 g/mol. The van der Waals surface area contributed by atoms with E-state index in [2.05, 4.69) is 21.2 Å². The van der Waals surface area contributed by atoms with Gasteiger partial charge in [0.15, 0.2) is 5.82 Å². The molecule has 0 fully saturated rings. The van der Waals surface area contributed by atoms with Crippen LogP contribution in [0.3, 0.4) is 0 Å². The number of phenolic OH excluding ortho intramolecular Hbond substituents is 1. The third kappa shape index (κ3) is 5.54. The summed E-state index contributed by atoms with van der Waals surface area (Å²) >= 11 is 8.50. The second kappa shape index (κ2) is 7.35. The van der Waals surface area contributed by atoms with Crippen molar-refractivity contribution in [2.45, 2.75) is 38.8 Å². The first-order chi connectivity index (χ1) is 10.4. The van der Waals surface area contributed by atoms with Crippen LogP contribution in [-0.4, -0.2) is 33.9 Å². The number of benzene rings is 1. The molecule has 0 heterocycles. The maximum Gasteiger partial charge on any atom is 0.408 e. The van der Waals surface area contributed by atoms with E-state index in [0.29, 0.717) is 0 Å². The van der Waals surface area contributed by atoms with E-state index in [-0.39, 0.29) is 21.5 Å². The summed E-state index contributed by atoms with van der Waals surface area (Å²) in [5, 5.41) is 21.0. The Morgan fingerprint density at radius 1 is 1.48 bits per heavy atom. The number of aromatic hydroxyl groups is 1. The third-order valence-electron chi connectivity index (χ3n) is 2.63. The lowest BCUT2D eigenvalue weighted by atomic mass is 10.0. The van der Waals surface area contributed by atoms with Gasteiger partial charge in [0.1, 0.15) is 17.4 Å². The van der Waals surface area contributed by atoms with Crippen LogP contribution >= 0.6 is 27.5 Å². The number of carboxylic acids is 1. The molecule has 1 aromatic carbocycles. The number of carbonyl (C=O) groups excluding carboxylic acids is 1. The number of carboxylic acid groups (broad SMARTS) is 1. The topological polar surface area (TPSA) is 95.9 Å². The number of amides is 1. The normalized spacial score (nSPS) is 12.6. The first-order valence-electron chi connectivity index (χ1n) is 6.50. The molecule has 0 aliphatic heterocycles. The maximum absolute atomic E-state index is 13.5. The number of hydrogen-bond donors (Lipinski definition) is 3. The van der Waals surface area contributed by atoms with Crippen molar-refractivity contribution in [1.29, 1.82) is 0 Å². The van der Waals surface area contributed by atoms with Crippen molar-refractivity contribution in [1.82, 2.24) is 5.32 Å². The molecule has 1 aromatic rings. The molecule has 9 heteroatoms. The first-order valence-corrected chi connectivity index (χ1v) is 7.67. The number of phenols is 1. The van der Waals surface area contributed by atoms with E-state index >= 15 is 0 Å². The molecule has 0 bridgehead atoms. The SMILES string of the molecule is CC(C)(C)OC(=O)NC(Cc1cc(Cl)c(F)c(Br)c1O)C(=O)O. The van der Waals surface area contributed by atoms with Gasteiger partial charge in [0, 0.05) is 6.42 Å². The Labute approximate surface area is 145 Å². The molecule has 0 saturated carbocycles. The molecule has 0 spiro atoms. The minimum absolute atomic E-state index is 0.0618. The predicted octanol–water partition coefficient (Wildman–Crippen LogP) is 3.47. The van der Waals surface area contributed by atoms with E-state index in [1.165, 1.54) is 0 Å². The standard InChI is InChI=1S/C14H16BrClFNO5/c1-14(2,3)23-13(22)18-8(12(20)21)5-6-4-7(16)10(17)9(15)11(6)19/h4,8,19H,5H2,1-3H3,(H,18,22)(H,20,21). The molecule has 0 saturated heterocycles. The van der Waals surface area contributed by atoms with Gasteiger partial charge in [-0.25, -0.2) is 14.0 Å². The highest BCUT2D eigenvalue weighted by atomic mass is 79.9. The van der Waals surface area contributed by atoms with Gasteiger partial charge in [0.05, 0.1) is 9.50 Å². The molecular formula is C14H16BrClFNO5. The van der Waals surface area contributed by atoms with Crippen LogP contribution < -0.4 is 5.32 Å². The zero-order chi connectivity index (χ0) is 17.9. The Morgan fingerprint density at radius 3 is 2.52 bits per heavy atom. The first kappa shape index (κ1) is 19.5. The van der Waals surface area contributed by atoms with Crippen LogP contribution in [0.15, 0.2) is 10.5 Å². The van der Waals surface area contributed by atoms with Crippen molar-refractivity contribution in [3.05, 3.63) is 26.9 Å². The molecule has 0 aromatic heterocycles. The van der Waals surface area contributed by atoms with Crippen LogP contribution in [0.2, 0.25) is 5.02 Å². The van der Waals surface area contributed by atoms with E-state index in [1.54, 1.807) is 20.8 Å². The zero-order valence-corrected chi connectivity index (χ0v) is 15.0. The third-order valence-corrected chi connectivity index (χ3v) is 3.63. The Morgan fingerprint density at radius 2 is 2.04 bits per heavy atom. The maximum atomic E-state index is 13.5. The van der Waals surface area contributed by atoms with Gasteiger partial charge in [-0.05, 0) is 48.3 Å². The molecule has 1 unspecified atom stereocenters. The highest BCUT2D eigenvalue weighted by molar-refractivity contribution is 9.10. The van der Waals surface area contributed by atoms with Crippen molar-refractivity contribution in [2.24, 2.45) is 0 Å². The second-order valence-electron chi connectivity index (χ2n) is 5.74. The number of hydrogen-bond acceptors (Lipinski definition) is 4. The smallest absolute Gasteiger partial charge is 0.408 e. The fourth-order valence-corrected chi connectivity index (χ4v) is 2.47. The van der Waals surface area contributed by atoms with E-state index in [0.717, 1.165) is 6.07 Å². The Kier molecular flexibility index (Phi) is 6.24. The van der Waals surface area contributed by atoms with E-state index in [4.69, 9.17) is 16.3 Å². The minimum atomic E-state index is -1.39. The van der Waals surface area contributed by atoms with E-state index in [9.17, 15) is 24.2 Å². The number of halogens is 3. The number of carbonyl (C=O) groups is 2. The summed E-state index contributed by atoms with van der Waals surface area (Å²) < 4.78 is 18.2. The second-order valence-corrected chi connectivity index (χ2v) is 6.94. The fraction of sp³-hybridized carbons (Fsp3) is 0.429. The van der Waals surface area contributed by atoms with Gasteiger partial charge in [-0.3, -0.25) is 0 Å². The number of nitrogens with one attached hydrogen (secondary N) is 1. The molecule has 23 heavy (non-hydrogen) atoms. The van der Waals surface area contributed by atoms with Gasteiger partial charge in [-0.2, -0.15) is 0 Å². The van der Waals surface area contributed by atoms with Crippen molar-refractivity contribution in [3.8, 4) is 5.75 Å². The molecule has 128 valence electrons. The lowest BCUT2D eigenvalue weighted by molar-refractivity contribution is -0.139. The zero-order valence-electron chi connectivity index (χ0n) is 12.6. The molecule has 1 atom stereocenters. The van der Waals surface area contributed by atoms with Crippen LogP contribution in [0.1, 0.15) is 26.3 Å². The summed E-state index contributed by atoms with van der Waals surface area (Å²) in [7, 11) is 0. The van der Waals surface area contributed by atoms with Gasteiger partial charge in [0.2, 0.25) is 0 Å². The summed E-state index contributed by atoms with van der Waals surface area (Å²) in [4.78, 5) is 23.0. The van der Waals surface area contributed by atoms with Gasteiger partial charge < -0.3 is 20.3 Å². The number of ether oxygens (including phenoxy) is 1. The summed E-state index contributed by atoms with van der Waals surface area (Å²) in [5.74, 6) is -2.68. The highest BCUT2D eigenvalue weighted by Crippen LogP contribution is 2.35. The molecule has 1 amide bonds. The Balaban J connectivity index is 2.98. The molecule has 0 aliphatic rings. The van der Waals surface area contributed by atoms with Gasteiger partial charge in [-0.15, -0.1) is 0 Å². The van der Waals surface area contributed by atoms with Gasteiger partial charge in [0.25, 0.3) is 0 Å². The predicted molar refractivity (Wildman–Crippen MR) is 85.3 cm³/mol. The van der Waals surface area contributed by atoms with Crippen LogP contribution in [0.5, 0.6) is 5.75 Å². The molecule has 3 N–H and O–H groups in total. The Hall–Kier alpha value is -1.54. The average molecular weight is 413 g/mol. The molecule has 6 nitrogen and oxygen atoms in total. The summed E-state index contributed by atoms with van der Waals surface area (Å²) in [5.41, 5.74) is -0.732. The molecule has 0 radical (unpaired) electrons. The number of alkyl carbamates (subject to hydrolysis) is 1. The lowest BCUT2D eigenvalue weighted by Crippen LogP contribution is -2.44. The largest absolute Gasteiger partial charge is 0.506 e. The van der Waals surface area contributed by atoms with E-state index < -0.39 is 35.3 Å². The van der Waals surface area contributed by atoms with E-state index in [1.807, 2.05) is 0 Å². The summed E-state index contributed by atoms with van der Waals surface area (Å²) in [6, 6.07) is -0.284. The lowest BCUT2D eigenvalue weighted by Gasteiger charge is -2.22. The fourth-order valence-electron chi connectivity index (χ4n) is 1.66. The summed E-state index contributed by atoms with van der Waals surface area (Å²) in [6.07, 6.45) is -1.23. The van der Waals surface area contributed by atoms with Crippen LogP contribution in [-0.2, 0) is 16.0 Å². The van der Waals surface area contributed by atoms with Crippen molar-refractivity contribution < 1.29 is 28.9 Å². The highest BCUT2D eigenvalue weighted by Gasteiger charge is 2.26. The monoisotopic (exact) mass is 411 g/mol. The quantitative estimate of drug-likeness (QED) is 0.658. The van der Waals surface area contributed by atoms with Crippen LogP contribution in [0, 0.1) is 5.82 Å². The minimum Gasteiger partial charge on any atom is -0.506 e. The summed E-state index contributed by atoms with van der Waals surface area (Å²) in [6.45, 7) is 4.89. The number of aliphatic carboxylic acids is 1. The average Bonchev–Trinajstić information content (AvgIpc) is 2.39. The number of rotatable bonds is 4. The van der Waals surface area contributed by atoms with Crippen molar-refractivity contribution >= 4 is 39.6 Å². The van der Waals surface area contributed by atoms with Crippen LogP contribution in [0.4, 0.5) is 9.18 Å². The molecule has 1 rings (SSSR count). The van der Waals surface area contributed by atoms with Crippen molar-refractivity contribution in [3.63, 3.8) is 0 Å². The Bertz CT molecular complexity index is 633. The van der Waals surface area contributed by atoms with Crippen molar-refractivity contribution in [2.75, 3.05) is 0 Å².